The molecule has 1 atom stereocenters. The van der Waals surface area contributed by atoms with Crippen molar-refractivity contribution in [1.82, 2.24) is 19.7 Å². The van der Waals surface area contributed by atoms with Crippen LogP contribution < -0.4 is 0 Å². The van der Waals surface area contributed by atoms with Crippen LogP contribution in [0.15, 0.2) is 35.6 Å². The minimum Gasteiger partial charge on any atom is -0.341 e. The molecule has 9 heteroatoms. The summed E-state index contributed by atoms with van der Waals surface area (Å²) >= 11 is 1.55. The van der Waals surface area contributed by atoms with Gasteiger partial charge in [-0.15, -0.1) is 0 Å². The summed E-state index contributed by atoms with van der Waals surface area (Å²) in [5.41, 5.74) is 1.93. The highest BCUT2D eigenvalue weighted by Gasteiger charge is 2.39. The Hall–Kier alpha value is -1.90. The SMILES string of the molecule is CC1=CSC(N2CCN(CCCC(F)(F)F)C2=O)N1Cc1cccnc1. The molecule has 3 heterocycles. The summed E-state index contributed by atoms with van der Waals surface area (Å²) < 4.78 is 36.9. The van der Waals surface area contributed by atoms with E-state index in [4.69, 9.17) is 0 Å². The third-order valence-electron chi connectivity index (χ3n) is 4.44. The molecule has 1 saturated heterocycles. The van der Waals surface area contributed by atoms with Crippen molar-refractivity contribution in [2.75, 3.05) is 19.6 Å². The molecule has 0 radical (unpaired) electrons. The Morgan fingerprint density at radius 2 is 2.15 bits per heavy atom. The first kappa shape index (κ1) is 18.9. The maximum Gasteiger partial charge on any atom is 0.389 e. The first-order chi connectivity index (χ1) is 12.3. The molecule has 5 nitrogen and oxygen atoms in total. The minimum atomic E-state index is -4.18. The fourth-order valence-corrected chi connectivity index (χ4v) is 4.28. The van der Waals surface area contributed by atoms with E-state index in [1.165, 1.54) is 4.90 Å². The Labute approximate surface area is 154 Å². The lowest BCUT2D eigenvalue weighted by Gasteiger charge is -2.34. The second kappa shape index (κ2) is 7.77. The molecule has 142 valence electrons. The lowest BCUT2D eigenvalue weighted by Crippen LogP contribution is -2.45. The first-order valence-corrected chi connectivity index (χ1v) is 9.39. The number of urea groups is 1. The van der Waals surface area contributed by atoms with Gasteiger partial charge < -0.3 is 9.80 Å². The molecule has 2 aliphatic rings. The molecule has 2 amide bonds. The topological polar surface area (TPSA) is 39.7 Å². The van der Waals surface area contributed by atoms with Gasteiger partial charge in [-0.3, -0.25) is 9.88 Å². The highest BCUT2D eigenvalue weighted by Crippen LogP contribution is 2.36. The third kappa shape index (κ3) is 4.44. The van der Waals surface area contributed by atoms with Crippen molar-refractivity contribution in [3.63, 3.8) is 0 Å². The van der Waals surface area contributed by atoms with Crippen molar-refractivity contribution in [2.24, 2.45) is 0 Å². The second-order valence-corrected chi connectivity index (χ2v) is 7.32. The van der Waals surface area contributed by atoms with Crippen LogP contribution in [0.1, 0.15) is 25.3 Å². The van der Waals surface area contributed by atoms with Crippen LogP contribution in [0.5, 0.6) is 0 Å². The molecule has 1 aromatic rings. The van der Waals surface area contributed by atoms with Crippen LogP contribution in [-0.2, 0) is 6.54 Å². The fraction of sp³-hybridized carbons (Fsp3) is 0.529. The number of nitrogens with zero attached hydrogens (tertiary/aromatic N) is 4. The van der Waals surface area contributed by atoms with Gasteiger partial charge in [-0.1, -0.05) is 17.8 Å². The van der Waals surface area contributed by atoms with Gasteiger partial charge in [-0.2, -0.15) is 13.2 Å². The van der Waals surface area contributed by atoms with Gasteiger partial charge in [0.15, 0.2) is 5.50 Å². The minimum absolute atomic E-state index is 0.0580. The molecule has 2 aliphatic heterocycles. The summed E-state index contributed by atoms with van der Waals surface area (Å²) in [5, 5.41) is 2.01. The van der Waals surface area contributed by atoms with Gasteiger partial charge in [0.2, 0.25) is 0 Å². The Bertz CT molecular complexity index is 668. The average Bonchev–Trinajstić information content (AvgIpc) is 3.11. The molecule has 0 aliphatic carbocycles. The summed E-state index contributed by atoms with van der Waals surface area (Å²) in [4.78, 5) is 22.1. The average molecular weight is 386 g/mol. The largest absolute Gasteiger partial charge is 0.389 e. The number of thioether (sulfide) groups is 1. The van der Waals surface area contributed by atoms with Crippen LogP contribution in [0.25, 0.3) is 0 Å². The van der Waals surface area contributed by atoms with Crippen molar-refractivity contribution >= 4 is 17.8 Å². The van der Waals surface area contributed by atoms with Crippen LogP contribution in [0.3, 0.4) is 0 Å². The van der Waals surface area contributed by atoms with Gasteiger partial charge in [-0.05, 0) is 30.4 Å². The number of carbonyl (C=O) groups is 1. The number of aromatic nitrogens is 1. The Balaban J connectivity index is 1.60. The van der Waals surface area contributed by atoms with E-state index >= 15 is 0 Å². The molecule has 1 aromatic heterocycles. The quantitative estimate of drug-likeness (QED) is 0.744. The van der Waals surface area contributed by atoms with Gasteiger partial charge in [0.25, 0.3) is 0 Å². The van der Waals surface area contributed by atoms with E-state index in [0.717, 1.165) is 11.3 Å². The number of rotatable bonds is 6. The number of hydrogen-bond acceptors (Lipinski definition) is 4. The zero-order valence-corrected chi connectivity index (χ0v) is 15.3. The summed E-state index contributed by atoms with van der Waals surface area (Å²) in [7, 11) is 0. The van der Waals surface area contributed by atoms with Gasteiger partial charge in [0, 0.05) is 50.7 Å². The third-order valence-corrected chi connectivity index (χ3v) is 5.67. The molecule has 0 saturated carbocycles. The van der Waals surface area contributed by atoms with Crippen molar-refractivity contribution in [3.05, 3.63) is 41.2 Å². The molecule has 3 rings (SSSR count). The van der Waals surface area contributed by atoms with Crippen molar-refractivity contribution in [3.8, 4) is 0 Å². The number of pyridine rings is 1. The summed E-state index contributed by atoms with van der Waals surface area (Å²) in [6.07, 6.45) is -1.58. The van der Waals surface area contributed by atoms with Crippen molar-refractivity contribution < 1.29 is 18.0 Å². The normalized spacial score (nSPS) is 20.9. The maximum atomic E-state index is 12.6. The monoisotopic (exact) mass is 386 g/mol. The molecule has 0 spiro atoms. The summed E-state index contributed by atoms with van der Waals surface area (Å²) in [6, 6.07) is 3.66. The number of alkyl halides is 3. The molecule has 26 heavy (non-hydrogen) atoms. The highest BCUT2D eigenvalue weighted by molar-refractivity contribution is 8.02. The van der Waals surface area contributed by atoms with Crippen molar-refractivity contribution in [1.29, 1.82) is 0 Å². The van der Waals surface area contributed by atoms with Crippen LogP contribution in [0.4, 0.5) is 18.0 Å². The van der Waals surface area contributed by atoms with E-state index < -0.39 is 12.6 Å². The number of carbonyl (C=O) groups excluding carboxylic acids is 1. The fourth-order valence-electron chi connectivity index (χ4n) is 3.09. The van der Waals surface area contributed by atoms with Crippen LogP contribution in [-0.4, -0.2) is 57.0 Å². The Morgan fingerprint density at radius 3 is 2.85 bits per heavy atom. The van der Waals surface area contributed by atoms with Crippen LogP contribution in [0, 0.1) is 0 Å². The molecule has 1 unspecified atom stereocenters. The first-order valence-electron chi connectivity index (χ1n) is 8.45. The molecule has 0 aromatic carbocycles. The lowest BCUT2D eigenvalue weighted by molar-refractivity contribution is -0.135. The smallest absolute Gasteiger partial charge is 0.341 e. The van der Waals surface area contributed by atoms with Crippen LogP contribution in [0.2, 0.25) is 0 Å². The summed E-state index contributed by atoms with van der Waals surface area (Å²) in [5.74, 6) is 0. The number of allylic oxidation sites excluding steroid dienone is 1. The maximum absolute atomic E-state index is 12.6. The molecular formula is C17H21F3N4OS. The standard InChI is InChI=1S/C17H21F3N4OS/c1-13-12-26-16(24(13)11-14-4-2-6-21-10-14)23-9-8-22(15(23)25)7-3-5-17(18,19)20/h2,4,6,10,12,16H,3,5,7-9,11H2,1H3. The van der Waals surface area contributed by atoms with E-state index in [0.29, 0.717) is 19.6 Å². The highest BCUT2D eigenvalue weighted by atomic mass is 32.2. The van der Waals surface area contributed by atoms with E-state index in [-0.39, 0.29) is 24.5 Å². The van der Waals surface area contributed by atoms with E-state index in [2.05, 4.69) is 9.88 Å². The van der Waals surface area contributed by atoms with E-state index in [1.54, 1.807) is 29.1 Å². The van der Waals surface area contributed by atoms with Gasteiger partial charge >= 0.3 is 12.2 Å². The zero-order chi connectivity index (χ0) is 18.7. The van der Waals surface area contributed by atoms with Crippen LogP contribution >= 0.6 is 11.8 Å². The summed E-state index contributed by atoms with van der Waals surface area (Å²) in [6.45, 7) is 3.75. The predicted octanol–water partition coefficient (Wildman–Crippen LogP) is 3.86. The predicted molar refractivity (Wildman–Crippen MR) is 93.9 cm³/mol. The lowest BCUT2D eigenvalue weighted by atomic mass is 10.2. The Kier molecular flexibility index (Phi) is 5.64. The Morgan fingerprint density at radius 1 is 1.35 bits per heavy atom. The van der Waals surface area contributed by atoms with Crippen molar-refractivity contribution in [2.45, 2.75) is 38.0 Å². The van der Waals surface area contributed by atoms with Gasteiger partial charge in [0.05, 0.1) is 0 Å². The molecule has 0 N–H and O–H groups in total. The molecular weight excluding hydrogens is 365 g/mol. The second-order valence-electron chi connectivity index (χ2n) is 6.39. The van der Waals surface area contributed by atoms with Gasteiger partial charge in [-0.25, -0.2) is 4.79 Å². The number of halogens is 3. The number of amides is 2. The number of hydrogen-bond donors (Lipinski definition) is 0. The van der Waals surface area contributed by atoms with Gasteiger partial charge in [0.1, 0.15) is 0 Å². The van der Waals surface area contributed by atoms with E-state index in [1.807, 2.05) is 24.5 Å². The molecule has 0 bridgehead atoms. The molecule has 1 fully saturated rings. The zero-order valence-electron chi connectivity index (χ0n) is 14.4. The van der Waals surface area contributed by atoms with E-state index in [9.17, 15) is 18.0 Å².